The van der Waals surface area contributed by atoms with Crippen LogP contribution in [-0.2, 0) is 17.8 Å². The quantitative estimate of drug-likeness (QED) is 0.461. The predicted octanol–water partition coefficient (Wildman–Crippen LogP) is 4.52. The van der Waals surface area contributed by atoms with E-state index < -0.39 is 11.8 Å². The molecule has 0 unspecified atom stereocenters. The lowest BCUT2D eigenvalue weighted by molar-refractivity contribution is -0.136. The lowest BCUT2D eigenvalue weighted by Crippen LogP contribution is -2.07. The van der Waals surface area contributed by atoms with Crippen LogP contribution < -0.4 is 14.2 Å². The fraction of sp³-hybridized carbons (Fsp3) is 0.348. The van der Waals surface area contributed by atoms with Gasteiger partial charge in [0.15, 0.2) is 17.3 Å². The monoisotopic (exact) mass is 444 g/mol. The number of carboxylic acid groups (broad SMARTS) is 1. The molecule has 0 atom stereocenters. The minimum Gasteiger partial charge on any atom is -0.487 e. The van der Waals surface area contributed by atoms with Crippen LogP contribution in [0.1, 0.15) is 31.5 Å². The number of methoxy groups -OCH3 is 1. The highest BCUT2D eigenvalue weighted by molar-refractivity contribution is 5.67. The summed E-state index contributed by atoms with van der Waals surface area (Å²) < 4.78 is 36.7. The molecule has 0 saturated heterocycles. The summed E-state index contributed by atoms with van der Waals surface area (Å²) in [6, 6.07) is 8.56. The first kappa shape index (κ1) is 23.1. The van der Waals surface area contributed by atoms with Crippen molar-refractivity contribution in [2.45, 2.75) is 33.3 Å². The summed E-state index contributed by atoms with van der Waals surface area (Å²) in [4.78, 5) is 14.6. The summed E-state index contributed by atoms with van der Waals surface area (Å²) >= 11 is 0. The van der Waals surface area contributed by atoms with Crippen LogP contribution in [0.25, 0.3) is 11.3 Å². The highest BCUT2D eigenvalue weighted by atomic mass is 19.1. The van der Waals surface area contributed by atoms with Gasteiger partial charge in [-0.1, -0.05) is 31.1 Å². The van der Waals surface area contributed by atoms with Gasteiger partial charge in [-0.05, 0) is 30.0 Å². The van der Waals surface area contributed by atoms with Crippen molar-refractivity contribution in [3.63, 3.8) is 0 Å². The van der Waals surface area contributed by atoms with E-state index in [-0.39, 0.29) is 41.9 Å². The molecule has 9 heteroatoms. The van der Waals surface area contributed by atoms with Crippen molar-refractivity contribution in [1.82, 2.24) is 10.1 Å². The van der Waals surface area contributed by atoms with E-state index in [1.807, 2.05) is 19.9 Å². The summed E-state index contributed by atoms with van der Waals surface area (Å²) in [5, 5.41) is 12.9. The average Bonchev–Trinajstić information content (AvgIpc) is 3.18. The second-order valence-corrected chi connectivity index (χ2v) is 7.53. The molecular weight excluding hydrogens is 419 g/mol. The number of halogens is 1. The minimum atomic E-state index is -0.863. The first-order chi connectivity index (χ1) is 15.4. The van der Waals surface area contributed by atoms with Gasteiger partial charge in [0.25, 0.3) is 0 Å². The number of carboxylic acids is 1. The molecule has 0 saturated carbocycles. The number of rotatable bonds is 11. The predicted molar refractivity (Wildman–Crippen MR) is 113 cm³/mol. The van der Waals surface area contributed by atoms with Crippen molar-refractivity contribution in [3.05, 3.63) is 53.6 Å². The van der Waals surface area contributed by atoms with Crippen molar-refractivity contribution in [2.24, 2.45) is 5.92 Å². The Morgan fingerprint density at radius 3 is 2.78 bits per heavy atom. The maximum atomic E-state index is 14.5. The van der Waals surface area contributed by atoms with Gasteiger partial charge in [-0.3, -0.25) is 4.79 Å². The summed E-state index contributed by atoms with van der Waals surface area (Å²) in [6.45, 7) is 4.36. The Labute approximate surface area is 184 Å². The molecule has 0 spiro atoms. The highest BCUT2D eigenvalue weighted by Crippen LogP contribution is 2.37. The number of nitrogens with zero attached hydrogens (tertiary/aromatic N) is 2. The zero-order valence-corrected chi connectivity index (χ0v) is 18.1. The molecule has 0 amide bonds. The second kappa shape index (κ2) is 10.6. The number of pyridine rings is 1. The minimum absolute atomic E-state index is 0.0170. The number of hydrogen-bond donors (Lipinski definition) is 1. The van der Waals surface area contributed by atoms with Crippen LogP contribution >= 0.6 is 0 Å². The van der Waals surface area contributed by atoms with Gasteiger partial charge in [0.1, 0.15) is 12.4 Å². The molecular formula is C23H25FN2O6. The fourth-order valence-corrected chi connectivity index (χ4v) is 2.88. The molecule has 32 heavy (non-hydrogen) atoms. The molecule has 1 N–H and O–H groups in total. The SMILES string of the molecule is COc1cc(-c2onc(COc3cccc(CCC(=O)O)c3)c2OCC(C)C)c(F)cn1. The third-order valence-electron chi connectivity index (χ3n) is 4.46. The number of carbonyl (C=O) groups is 1. The Hall–Kier alpha value is -3.62. The van der Waals surface area contributed by atoms with Gasteiger partial charge in [0.05, 0.1) is 25.5 Å². The first-order valence-electron chi connectivity index (χ1n) is 10.1. The van der Waals surface area contributed by atoms with Crippen LogP contribution in [0.5, 0.6) is 17.4 Å². The van der Waals surface area contributed by atoms with Crippen LogP contribution in [0.4, 0.5) is 4.39 Å². The molecule has 0 bridgehead atoms. The van der Waals surface area contributed by atoms with Crippen LogP contribution in [0.2, 0.25) is 0 Å². The van der Waals surface area contributed by atoms with Gasteiger partial charge in [0.2, 0.25) is 11.6 Å². The third-order valence-corrected chi connectivity index (χ3v) is 4.46. The second-order valence-electron chi connectivity index (χ2n) is 7.53. The van der Waals surface area contributed by atoms with E-state index in [4.69, 9.17) is 23.8 Å². The highest BCUT2D eigenvalue weighted by Gasteiger charge is 2.24. The van der Waals surface area contributed by atoms with E-state index in [1.54, 1.807) is 18.2 Å². The topological polar surface area (TPSA) is 104 Å². The van der Waals surface area contributed by atoms with Crippen molar-refractivity contribution in [1.29, 1.82) is 0 Å². The Morgan fingerprint density at radius 2 is 2.06 bits per heavy atom. The van der Waals surface area contributed by atoms with Crippen molar-refractivity contribution >= 4 is 5.97 Å². The molecule has 1 aromatic carbocycles. The molecule has 170 valence electrons. The van der Waals surface area contributed by atoms with Gasteiger partial charge in [-0.25, -0.2) is 9.37 Å². The first-order valence-corrected chi connectivity index (χ1v) is 10.1. The lowest BCUT2D eigenvalue weighted by atomic mass is 10.1. The van der Waals surface area contributed by atoms with E-state index in [0.29, 0.717) is 24.5 Å². The summed E-state index contributed by atoms with van der Waals surface area (Å²) in [6.07, 6.45) is 1.47. The van der Waals surface area contributed by atoms with Crippen molar-refractivity contribution in [2.75, 3.05) is 13.7 Å². The Kier molecular flexibility index (Phi) is 7.64. The maximum Gasteiger partial charge on any atom is 0.303 e. The molecule has 2 heterocycles. The van der Waals surface area contributed by atoms with Crippen LogP contribution in [0.3, 0.4) is 0 Å². The Morgan fingerprint density at radius 1 is 1.25 bits per heavy atom. The standard InChI is InChI=1S/C23H25FN2O6/c1-14(2)12-31-23-19(13-30-16-6-4-5-15(9-16)7-8-21(27)28)26-32-22(23)17-10-20(29-3)25-11-18(17)24/h4-6,9-11,14H,7-8,12-13H2,1-3H3,(H,27,28). The summed E-state index contributed by atoms with van der Waals surface area (Å²) in [7, 11) is 1.43. The number of benzene rings is 1. The molecule has 3 rings (SSSR count). The molecule has 0 aliphatic rings. The normalized spacial score (nSPS) is 10.9. The molecule has 0 fully saturated rings. The van der Waals surface area contributed by atoms with E-state index in [1.165, 1.54) is 13.2 Å². The van der Waals surface area contributed by atoms with Crippen molar-refractivity contribution < 1.29 is 33.0 Å². The van der Waals surface area contributed by atoms with Crippen LogP contribution in [0, 0.1) is 11.7 Å². The molecule has 2 aromatic heterocycles. The van der Waals surface area contributed by atoms with Crippen LogP contribution in [-0.4, -0.2) is 34.9 Å². The van der Waals surface area contributed by atoms with Gasteiger partial charge in [-0.15, -0.1) is 0 Å². The maximum absolute atomic E-state index is 14.5. The Balaban J connectivity index is 1.84. The van der Waals surface area contributed by atoms with Crippen molar-refractivity contribution in [3.8, 4) is 28.7 Å². The molecule has 0 radical (unpaired) electrons. The Bertz CT molecular complexity index is 1070. The smallest absolute Gasteiger partial charge is 0.303 e. The van der Waals surface area contributed by atoms with E-state index in [0.717, 1.165) is 11.8 Å². The van der Waals surface area contributed by atoms with E-state index in [2.05, 4.69) is 10.1 Å². The van der Waals surface area contributed by atoms with Gasteiger partial charge in [-0.2, -0.15) is 0 Å². The number of hydrogen-bond acceptors (Lipinski definition) is 7. The summed E-state index contributed by atoms with van der Waals surface area (Å²) in [5.41, 5.74) is 1.32. The molecule has 3 aromatic rings. The van der Waals surface area contributed by atoms with Crippen LogP contribution in [0.15, 0.2) is 41.1 Å². The molecule has 0 aliphatic heterocycles. The summed E-state index contributed by atoms with van der Waals surface area (Å²) in [5.74, 6) is -0.0688. The van der Waals surface area contributed by atoms with E-state index in [9.17, 15) is 9.18 Å². The average molecular weight is 444 g/mol. The van der Waals surface area contributed by atoms with Gasteiger partial charge < -0.3 is 23.8 Å². The lowest BCUT2D eigenvalue weighted by Gasteiger charge is -2.11. The molecule has 8 nitrogen and oxygen atoms in total. The fourth-order valence-electron chi connectivity index (χ4n) is 2.88. The number of aliphatic carboxylic acids is 1. The largest absolute Gasteiger partial charge is 0.487 e. The zero-order chi connectivity index (χ0) is 23.1. The van der Waals surface area contributed by atoms with Gasteiger partial charge in [0, 0.05) is 12.5 Å². The number of ether oxygens (including phenoxy) is 3. The zero-order valence-electron chi connectivity index (χ0n) is 18.1. The number of aryl methyl sites for hydroxylation is 1. The molecule has 0 aliphatic carbocycles. The number of aromatic nitrogens is 2. The third kappa shape index (κ3) is 5.96. The van der Waals surface area contributed by atoms with Gasteiger partial charge >= 0.3 is 5.97 Å². The van der Waals surface area contributed by atoms with E-state index >= 15 is 0 Å².